The van der Waals surface area contributed by atoms with Crippen molar-refractivity contribution in [3.05, 3.63) is 22.0 Å². The summed E-state index contributed by atoms with van der Waals surface area (Å²) in [6.07, 6.45) is 17.3. The number of rotatable bonds is 13. The topological polar surface area (TPSA) is 26.7 Å². The molecule has 0 radical (unpaired) electrons. The summed E-state index contributed by atoms with van der Waals surface area (Å²) in [6, 6.07) is 0.452. The van der Waals surface area contributed by atoms with Crippen LogP contribution in [0.3, 0.4) is 0 Å². The van der Waals surface area contributed by atoms with Crippen LogP contribution in [0.1, 0.15) is 90.9 Å². The fourth-order valence-electron chi connectivity index (χ4n) is 6.68. The maximum atomic E-state index is 10.7. The summed E-state index contributed by atoms with van der Waals surface area (Å²) in [5.41, 5.74) is -0.0883. The molecule has 3 fully saturated rings. The van der Waals surface area contributed by atoms with Gasteiger partial charge in [-0.1, -0.05) is 74.6 Å². The summed E-state index contributed by atoms with van der Waals surface area (Å²) in [5.74, 6) is 3.83. The fraction of sp³-hybridized carbons (Fsp3) is 0.733. The summed E-state index contributed by atoms with van der Waals surface area (Å²) in [7, 11) is 0. The highest BCUT2D eigenvalue weighted by atomic mass is 32.2. The van der Waals surface area contributed by atoms with Crippen molar-refractivity contribution in [2.45, 2.75) is 109 Å². The molecule has 0 aromatic carbocycles. The van der Waals surface area contributed by atoms with E-state index in [4.69, 9.17) is 48.9 Å². The van der Waals surface area contributed by atoms with Crippen LogP contribution in [0.15, 0.2) is 22.0 Å². The van der Waals surface area contributed by atoms with E-state index in [0.29, 0.717) is 17.9 Å². The molecule has 0 aromatic rings. The first-order valence-electron chi connectivity index (χ1n) is 14.8. The molecule has 2 saturated heterocycles. The third-order valence-corrected chi connectivity index (χ3v) is 13.0. The van der Waals surface area contributed by atoms with Crippen LogP contribution in [0.2, 0.25) is 0 Å². The van der Waals surface area contributed by atoms with E-state index in [-0.39, 0.29) is 11.6 Å². The van der Waals surface area contributed by atoms with Crippen LogP contribution >= 0.6 is 72.4 Å². The number of hydrogen-bond donors (Lipinski definition) is 1. The first-order chi connectivity index (χ1) is 18.7. The Bertz CT molecular complexity index is 1060. The van der Waals surface area contributed by atoms with E-state index in [9.17, 15) is 5.11 Å². The van der Waals surface area contributed by atoms with Crippen molar-refractivity contribution in [3.8, 4) is 0 Å². The largest absolute Gasteiger partial charge is 0.393 e. The van der Waals surface area contributed by atoms with E-state index in [1.54, 1.807) is 0 Å². The summed E-state index contributed by atoms with van der Waals surface area (Å²) in [4.78, 5) is 11.2. The number of aliphatic hydroxyl groups excluding tert-OH is 1. The molecule has 1 N–H and O–H groups in total. The molecule has 1 saturated carbocycles. The van der Waals surface area contributed by atoms with Crippen LogP contribution in [-0.2, 0) is 0 Å². The van der Waals surface area contributed by atoms with Crippen molar-refractivity contribution >= 4 is 92.3 Å². The molecule has 9 heteroatoms. The second-order valence-corrected chi connectivity index (χ2v) is 16.4. The fourth-order valence-corrected chi connectivity index (χ4v) is 11.4. The molecule has 4 atom stereocenters. The minimum atomic E-state index is -0.219. The van der Waals surface area contributed by atoms with Crippen molar-refractivity contribution < 1.29 is 5.11 Å². The zero-order chi connectivity index (χ0) is 27.7. The van der Waals surface area contributed by atoms with Crippen LogP contribution < -0.4 is 0 Å². The SMILES string of the molecule is CC(C)(CCCCC(O)CCCCC(C1CC1)N1C(=S)C=C2SCCC2C1=S)N1C(=S)C=C2SCCC2C1=S. The molecule has 0 aromatic heterocycles. The molecule has 4 unspecified atom stereocenters. The van der Waals surface area contributed by atoms with Crippen molar-refractivity contribution in [2.75, 3.05) is 11.5 Å². The molecule has 4 heterocycles. The number of thiocarbonyl (C=S) groups is 4. The number of aliphatic hydroxyl groups is 1. The average molecular weight is 639 g/mol. The Hall–Kier alpha value is 0.1000. The monoisotopic (exact) mass is 638 g/mol. The molecule has 214 valence electrons. The van der Waals surface area contributed by atoms with Crippen LogP contribution in [0.25, 0.3) is 0 Å². The van der Waals surface area contributed by atoms with Crippen molar-refractivity contribution in [1.29, 1.82) is 0 Å². The summed E-state index contributed by atoms with van der Waals surface area (Å²) >= 11 is 27.3. The van der Waals surface area contributed by atoms with E-state index in [1.165, 1.54) is 22.7 Å². The standard InChI is InChI=1S/C30H42N2OS6/c1-30(2,32-27(35)18-25-22(29(32)37)13-16-39-25)14-6-5-8-20(33)7-3-4-9-23(19-10-11-19)31-26(34)17-24-21(28(31)36)12-15-38-24/h17-23,33H,3-16H2,1-2H3. The van der Waals surface area contributed by atoms with Gasteiger partial charge in [-0.25, -0.2) is 0 Å². The highest BCUT2D eigenvalue weighted by Gasteiger charge is 2.43. The van der Waals surface area contributed by atoms with Gasteiger partial charge >= 0.3 is 0 Å². The van der Waals surface area contributed by atoms with Crippen molar-refractivity contribution in [2.24, 2.45) is 17.8 Å². The Morgan fingerprint density at radius 3 is 2.03 bits per heavy atom. The normalized spacial score (nSPS) is 26.9. The number of fused-ring (bicyclic) bond motifs is 2. The molecule has 39 heavy (non-hydrogen) atoms. The Morgan fingerprint density at radius 2 is 1.38 bits per heavy atom. The van der Waals surface area contributed by atoms with Crippen LogP contribution in [0.4, 0.5) is 0 Å². The number of hydrogen-bond acceptors (Lipinski definition) is 7. The van der Waals surface area contributed by atoms with Gasteiger partial charge in [0.15, 0.2) is 0 Å². The van der Waals surface area contributed by atoms with E-state index >= 15 is 0 Å². The van der Waals surface area contributed by atoms with Gasteiger partial charge in [0.1, 0.15) is 9.98 Å². The number of unbranched alkanes of at least 4 members (excludes halogenated alkanes) is 2. The minimum Gasteiger partial charge on any atom is -0.393 e. The first kappa shape index (κ1) is 30.6. The summed E-state index contributed by atoms with van der Waals surface area (Å²) < 4.78 is 0. The predicted molar refractivity (Wildman–Crippen MR) is 185 cm³/mol. The van der Waals surface area contributed by atoms with Gasteiger partial charge in [0.25, 0.3) is 0 Å². The molecule has 0 bridgehead atoms. The maximum absolute atomic E-state index is 10.7. The predicted octanol–water partition coefficient (Wildman–Crippen LogP) is 8.24. The third-order valence-electron chi connectivity index (χ3n) is 9.05. The smallest absolute Gasteiger partial charge is 0.108 e. The lowest BCUT2D eigenvalue weighted by Gasteiger charge is -2.44. The average Bonchev–Trinajstić information content (AvgIpc) is 3.41. The van der Waals surface area contributed by atoms with Gasteiger partial charge in [-0.2, -0.15) is 0 Å². The van der Waals surface area contributed by atoms with Crippen LogP contribution in [-0.4, -0.2) is 64.1 Å². The maximum Gasteiger partial charge on any atom is 0.108 e. The first-order valence-corrected chi connectivity index (χ1v) is 18.4. The van der Waals surface area contributed by atoms with Crippen molar-refractivity contribution in [1.82, 2.24) is 9.80 Å². The minimum absolute atomic E-state index is 0.0883. The quantitative estimate of drug-likeness (QED) is 0.158. The highest BCUT2D eigenvalue weighted by molar-refractivity contribution is 8.03. The van der Waals surface area contributed by atoms with Gasteiger partial charge in [0, 0.05) is 23.4 Å². The number of thioether (sulfide) groups is 2. The zero-order valence-corrected chi connectivity index (χ0v) is 28.1. The van der Waals surface area contributed by atoms with E-state index in [1.807, 2.05) is 23.5 Å². The van der Waals surface area contributed by atoms with Gasteiger partial charge in [0.2, 0.25) is 0 Å². The molecule has 1 aliphatic carbocycles. The zero-order valence-electron chi connectivity index (χ0n) is 23.2. The Labute approximate surface area is 265 Å². The molecule has 4 aliphatic heterocycles. The summed E-state index contributed by atoms with van der Waals surface area (Å²) in [5, 5.41) is 10.7. The second-order valence-electron chi connectivity index (χ2n) is 12.4. The van der Waals surface area contributed by atoms with Crippen molar-refractivity contribution in [3.63, 3.8) is 0 Å². The van der Waals surface area contributed by atoms with Crippen LogP contribution in [0.5, 0.6) is 0 Å². The van der Waals surface area contributed by atoms with Gasteiger partial charge in [-0.05, 0) is 105 Å². The lowest BCUT2D eigenvalue weighted by molar-refractivity contribution is 0.144. The van der Waals surface area contributed by atoms with Gasteiger partial charge in [-0.15, -0.1) is 23.5 Å². The molecule has 3 nitrogen and oxygen atoms in total. The molecular weight excluding hydrogens is 597 g/mol. The lowest BCUT2D eigenvalue weighted by atomic mass is 9.90. The van der Waals surface area contributed by atoms with E-state index < -0.39 is 0 Å². The Balaban J connectivity index is 1.02. The highest BCUT2D eigenvalue weighted by Crippen LogP contribution is 2.45. The van der Waals surface area contributed by atoms with Gasteiger partial charge in [0.05, 0.1) is 16.1 Å². The summed E-state index contributed by atoms with van der Waals surface area (Å²) in [6.45, 7) is 4.53. The molecule has 5 aliphatic rings. The molecular formula is C30H42N2OS6. The lowest BCUT2D eigenvalue weighted by Crippen LogP contribution is -2.53. The Morgan fingerprint density at radius 1 is 0.821 bits per heavy atom. The van der Waals surface area contributed by atoms with E-state index in [0.717, 1.165) is 102 Å². The molecule has 0 spiro atoms. The van der Waals surface area contributed by atoms with Crippen LogP contribution in [0, 0.1) is 17.8 Å². The molecule has 0 amide bonds. The second kappa shape index (κ2) is 13.2. The van der Waals surface area contributed by atoms with E-state index in [2.05, 4.69) is 35.8 Å². The molecule has 5 rings (SSSR count). The van der Waals surface area contributed by atoms with Gasteiger partial charge < -0.3 is 14.9 Å². The third kappa shape index (κ3) is 7.02. The van der Waals surface area contributed by atoms with Gasteiger partial charge in [-0.3, -0.25) is 0 Å². The number of nitrogens with zero attached hydrogens (tertiary/aromatic N) is 2. The Kier molecular flexibility index (Phi) is 10.3.